The third kappa shape index (κ3) is 2.63. The van der Waals surface area contributed by atoms with E-state index >= 15 is 0 Å². The molecule has 4 N–H and O–H groups in total. The quantitative estimate of drug-likeness (QED) is 0.641. The van der Waals surface area contributed by atoms with E-state index in [1.165, 1.54) is 6.07 Å². The first kappa shape index (κ1) is 12.0. The molecule has 0 unspecified atom stereocenters. The van der Waals surface area contributed by atoms with Crippen molar-refractivity contribution in [2.45, 2.75) is 12.3 Å². The Morgan fingerprint density at radius 2 is 2.18 bits per heavy atom. The van der Waals surface area contributed by atoms with E-state index < -0.39 is 0 Å². The lowest BCUT2D eigenvalue weighted by Crippen LogP contribution is -2.24. The fourth-order valence-corrected chi connectivity index (χ4v) is 2.19. The Labute approximate surface area is 106 Å². The molecule has 1 fully saturated rings. The molecular formula is C11H11BrFN3O. The standard InChI is InChI=1S/C11H11BrFN3O/c12-8-3-5(1-2-9(8)13)6-4-7(6)10(17)16-11(14)15/h1-3,6-7H,4H2,(H4,14,15,16,17)/t6-,7+/m1/s1. The van der Waals surface area contributed by atoms with Gasteiger partial charge in [0.25, 0.3) is 5.91 Å². The number of hydrogen-bond acceptors (Lipinski definition) is 1. The molecule has 0 bridgehead atoms. The molecule has 1 aliphatic carbocycles. The van der Waals surface area contributed by atoms with E-state index in [0.29, 0.717) is 10.9 Å². The Balaban J connectivity index is 2.10. The minimum absolute atomic E-state index is 0.0856. The van der Waals surface area contributed by atoms with E-state index in [2.05, 4.69) is 20.9 Å². The van der Waals surface area contributed by atoms with Crippen LogP contribution in [0.1, 0.15) is 17.9 Å². The van der Waals surface area contributed by atoms with Crippen LogP contribution in [0, 0.1) is 11.7 Å². The number of halogens is 2. The predicted molar refractivity (Wildman–Crippen MR) is 65.8 cm³/mol. The van der Waals surface area contributed by atoms with Gasteiger partial charge in [0.2, 0.25) is 0 Å². The molecule has 0 heterocycles. The monoisotopic (exact) mass is 299 g/mol. The van der Waals surface area contributed by atoms with Crippen LogP contribution < -0.4 is 11.5 Å². The van der Waals surface area contributed by atoms with Crippen LogP contribution in [-0.4, -0.2) is 11.9 Å². The SMILES string of the molecule is NC(N)=NC(=O)[C@H]1C[C@@H]1c1ccc(F)c(Br)c1. The summed E-state index contributed by atoms with van der Waals surface area (Å²) in [7, 11) is 0. The van der Waals surface area contributed by atoms with E-state index in [1.54, 1.807) is 12.1 Å². The predicted octanol–water partition coefficient (Wildman–Crippen LogP) is 1.49. The highest BCUT2D eigenvalue weighted by Gasteiger charge is 2.44. The zero-order chi connectivity index (χ0) is 12.6. The third-order valence-electron chi connectivity index (χ3n) is 2.72. The summed E-state index contributed by atoms with van der Waals surface area (Å²) in [5.41, 5.74) is 11.2. The lowest BCUT2D eigenvalue weighted by Gasteiger charge is -2.01. The summed E-state index contributed by atoms with van der Waals surface area (Å²) in [5, 5.41) is 0. The summed E-state index contributed by atoms with van der Waals surface area (Å²) in [4.78, 5) is 15.0. The first-order valence-electron chi connectivity index (χ1n) is 5.07. The van der Waals surface area contributed by atoms with Crippen molar-refractivity contribution in [3.05, 3.63) is 34.1 Å². The van der Waals surface area contributed by atoms with Crippen LogP contribution in [0.5, 0.6) is 0 Å². The number of guanidine groups is 1. The van der Waals surface area contributed by atoms with E-state index in [4.69, 9.17) is 11.5 Å². The minimum atomic E-state index is -0.318. The molecule has 0 saturated heterocycles. The minimum Gasteiger partial charge on any atom is -0.370 e. The van der Waals surface area contributed by atoms with Crippen LogP contribution in [0.25, 0.3) is 0 Å². The number of rotatable bonds is 2. The molecule has 2 rings (SSSR count). The van der Waals surface area contributed by atoms with Crippen molar-refractivity contribution in [1.82, 2.24) is 0 Å². The molecular weight excluding hydrogens is 289 g/mol. The van der Waals surface area contributed by atoms with Gasteiger partial charge in [-0.2, -0.15) is 4.99 Å². The van der Waals surface area contributed by atoms with Gasteiger partial charge in [-0.1, -0.05) is 6.07 Å². The summed E-state index contributed by atoms with van der Waals surface area (Å²) in [6, 6.07) is 4.73. The molecule has 1 saturated carbocycles. The molecule has 1 amide bonds. The van der Waals surface area contributed by atoms with Crippen LogP contribution in [0.3, 0.4) is 0 Å². The summed E-state index contributed by atoms with van der Waals surface area (Å²) in [6.07, 6.45) is 0.702. The van der Waals surface area contributed by atoms with Crippen molar-refractivity contribution >= 4 is 27.8 Å². The summed E-state index contributed by atoms with van der Waals surface area (Å²) < 4.78 is 13.4. The topological polar surface area (TPSA) is 81.5 Å². The molecule has 2 atom stereocenters. The lowest BCUT2D eigenvalue weighted by atomic mass is 10.1. The highest BCUT2D eigenvalue weighted by molar-refractivity contribution is 9.10. The number of nitrogens with zero attached hydrogens (tertiary/aromatic N) is 1. The van der Waals surface area contributed by atoms with Crippen LogP contribution in [0.2, 0.25) is 0 Å². The van der Waals surface area contributed by atoms with Gasteiger partial charge in [-0.3, -0.25) is 4.79 Å². The van der Waals surface area contributed by atoms with Crippen LogP contribution in [-0.2, 0) is 4.79 Å². The highest BCUT2D eigenvalue weighted by atomic mass is 79.9. The van der Waals surface area contributed by atoms with Crippen molar-refractivity contribution in [1.29, 1.82) is 0 Å². The van der Waals surface area contributed by atoms with Gasteiger partial charge < -0.3 is 11.5 Å². The molecule has 1 aromatic carbocycles. The lowest BCUT2D eigenvalue weighted by molar-refractivity contribution is -0.119. The Morgan fingerprint density at radius 3 is 2.76 bits per heavy atom. The van der Waals surface area contributed by atoms with Crippen LogP contribution in [0.4, 0.5) is 4.39 Å². The van der Waals surface area contributed by atoms with E-state index in [-0.39, 0.29) is 29.5 Å². The maximum Gasteiger partial charge on any atom is 0.252 e. The van der Waals surface area contributed by atoms with Gasteiger partial charge in [0.05, 0.1) is 4.47 Å². The second-order valence-electron chi connectivity index (χ2n) is 4.00. The van der Waals surface area contributed by atoms with Gasteiger partial charge >= 0.3 is 0 Å². The molecule has 0 aromatic heterocycles. The Hall–Kier alpha value is -1.43. The average Bonchev–Trinajstić information content (AvgIpc) is 3.01. The Morgan fingerprint density at radius 1 is 1.47 bits per heavy atom. The maximum absolute atomic E-state index is 13.0. The summed E-state index contributed by atoms with van der Waals surface area (Å²) >= 11 is 3.11. The summed E-state index contributed by atoms with van der Waals surface area (Å²) in [6.45, 7) is 0. The van der Waals surface area contributed by atoms with Gasteiger partial charge in [-0.15, -0.1) is 0 Å². The van der Waals surface area contributed by atoms with Gasteiger partial charge in [0, 0.05) is 5.92 Å². The fourth-order valence-electron chi connectivity index (χ4n) is 1.79. The first-order chi connectivity index (χ1) is 7.99. The molecule has 4 nitrogen and oxygen atoms in total. The zero-order valence-corrected chi connectivity index (χ0v) is 10.4. The molecule has 17 heavy (non-hydrogen) atoms. The Kier molecular flexibility index (Phi) is 3.15. The molecule has 90 valence electrons. The second kappa shape index (κ2) is 4.44. The highest BCUT2D eigenvalue weighted by Crippen LogP contribution is 2.48. The molecule has 1 aromatic rings. The van der Waals surface area contributed by atoms with E-state index in [9.17, 15) is 9.18 Å². The van der Waals surface area contributed by atoms with Crippen LogP contribution in [0.15, 0.2) is 27.7 Å². The van der Waals surface area contributed by atoms with Crippen LogP contribution >= 0.6 is 15.9 Å². The third-order valence-corrected chi connectivity index (χ3v) is 3.33. The van der Waals surface area contributed by atoms with E-state index in [0.717, 1.165) is 5.56 Å². The fraction of sp³-hybridized carbons (Fsp3) is 0.273. The molecule has 6 heteroatoms. The average molecular weight is 300 g/mol. The molecule has 0 aliphatic heterocycles. The maximum atomic E-state index is 13.0. The van der Waals surface area contributed by atoms with Gasteiger partial charge in [-0.25, -0.2) is 4.39 Å². The van der Waals surface area contributed by atoms with Gasteiger partial charge in [0.15, 0.2) is 5.96 Å². The van der Waals surface area contributed by atoms with Crippen molar-refractivity contribution < 1.29 is 9.18 Å². The van der Waals surface area contributed by atoms with Gasteiger partial charge in [-0.05, 0) is 46.0 Å². The smallest absolute Gasteiger partial charge is 0.252 e. The largest absolute Gasteiger partial charge is 0.370 e. The normalized spacial score (nSPS) is 22.0. The van der Waals surface area contributed by atoms with Crippen molar-refractivity contribution in [3.63, 3.8) is 0 Å². The Bertz CT molecular complexity index is 499. The molecule has 0 radical (unpaired) electrons. The molecule has 0 spiro atoms. The number of aliphatic imine (C=N–C) groups is 1. The molecule has 1 aliphatic rings. The van der Waals surface area contributed by atoms with Crippen molar-refractivity contribution in [3.8, 4) is 0 Å². The van der Waals surface area contributed by atoms with Crippen molar-refractivity contribution in [2.24, 2.45) is 22.4 Å². The number of hydrogen-bond donors (Lipinski definition) is 2. The van der Waals surface area contributed by atoms with E-state index in [1.807, 2.05) is 0 Å². The number of nitrogens with two attached hydrogens (primary N) is 2. The number of carbonyl (C=O) groups excluding carboxylic acids is 1. The van der Waals surface area contributed by atoms with Gasteiger partial charge in [0.1, 0.15) is 5.82 Å². The zero-order valence-electron chi connectivity index (χ0n) is 8.86. The second-order valence-corrected chi connectivity index (χ2v) is 4.85. The number of carbonyl (C=O) groups is 1. The number of benzene rings is 1. The summed E-state index contributed by atoms with van der Waals surface area (Å²) in [5.74, 6) is -0.949. The van der Waals surface area contributed by atoms with Crippen molar-refractivity contribution in [2.75, 3.05) is 0 Å². The first-order valence-corrected chi connectivity index (χ1v) is 5.86. The number of amides is 1.